The molecular formula is C20H24N6O2S2. The van der Waals surface area contributed by atoms with Crippen LogP contribution in [0.4, 0.5) is 0 Å². The molecule has 0 atom stereocenters. The van der Waals surface area contributed by atoms with Crippen molar-refractivity contribution in [2.45, 2.75) is 48.6 Å². The molecule has 10 heteroatoms. The number of aromatic amines is 1. The van der Waals surface area contributed by atoms with Crippen molar-refractivity contribution >= 4 is 29.9 Å². The second kappa shape index (κ2) is 8.07. The molecule has 3 aromatic heterocycles. The van der Waals surface area contributed by atoms with Gasteiger partial charge in [-0.05, 0) is 50.0 Å². The number of imidazole rings is 1. The van der Waals surface area contributed by atoms with Crippen LogP contribution in [0.2, 0.25) is 0 Å². The van der Waals surface area contributed by atoms with Crippen LogP contribution in [0.1, 0.15) is 59.8 Å². The van der Waals surface area contributed by atoms with Crippen molar-refractivity contribution in [2.24, 2.45) is 7.05 Å². The number of carbonyl (C=O) groups is 1. The van der Waals surface area contributed by atoms with Gasteiger partial charge in [-0.2, -0.15) is 5.10 Å². The first-order valence-electron chi connectivity index (χ1n) is 10.2. The number of thioether (sulfide) groups is 1. The molecule has 1 amide bonds. The van der Waals surface area contributed by atoms with Gasteiger partial charge in [0.25, 0.3) is 5.91 Å². The molecule has 0 aromatic carbocycles. The van der Waals surface area contributed by atoms with Crippen LogP contribution in [-0.4, -0.2) is 48.2 Å². The predicted octanol–water partition coefficient (Wildman–Crippen LogP) is 3.91. The number of carbonyl (C=O) groups excluding carboxylic acids is 1. The molecule has 158 valence electrons. The van der Waals surface area contributed by atoms with Crippen LogP contribution >= 0.6 is 24.0 Å². The van der Waals surface area contributed by atoms with Crippen LogP contribution in [0.25, 0.3) is 0 Å². The minimum atomic E-state index is -0.0391. The Bertz CT molecular complexity index is 1100. The van der Waals surface area contributed by atoms with Crippen LogP contribution in [0.5, 0.6) is 0 Å². The molecule has 1 aliphatic carbocycles. The van der Waals surface area contributed by atoms with E-state index in [2.05, 4.69) is 19.7 Å². The van der Waals surface area contributed by atoms with Crippen molar-refractivity contribution in [1.29, 1.82) is 0 Å². The van der Waals surface area contributed by atoms with Crippen molar-refractivity contribution in [3.05, 3.63) is 46.6 Å². The Kier molecular flexibility index (Phi) is 5.28. The van der Waals surface area contributed by atoms with Crippen molar-refractivity contribution in [3.63, 3.8) is 0 Å². The number of piperidine rings is 1. The minimum Gasteiger partial charge on any atom is -0.455 e. The monoisotopic (exact) mass is 444 g/mol. The van der Waals surface area contributed by atoms with Gasteiger partial charge in [0.1, 0.15) is 11.6 Å². The van der Waals surface area contributed by atoms with Gasteiger partial charge in [-0.25, -0.2) is 4.98 Å². The van der Waals surface area contributed by atoms with Gasteiger partial charge in [0.2, 0.25) is 0 Å². The first-order valence-corrected chi connectivity index (χ1v) is 11.6. The molecule has 0 radical (unpaired) electrons. The lowest BCUT2D eigenvalue weighted by atomic mass is 9.95. The maximum atomic E-state index is 12.9. The molecule has 2 aliphatic rings. The lowest BCUT2D eigenvalue weighted by molar-refractivity contribution is 0.0676. The normalized spacial score (nSPS) is 17.6. The summed E-state index contributed by atoms with van der Waals surface area (Å²) in [6.45, 7) is 1.40. The fourth-order valence-electron chi connectivity index (χ4n) is 3.98. The topological polar surface area (TPSA) is 84.9 Å². The number of amides is 1. The lowest BCUT2D eigenvalue weighted by Crippen LogP contribution is -2.38. The van der Waals surface area contributed by atoms with E-state index in [1.807, 2.05) is 28.8 Å². The molecule has 30 heavy (non-hydrogen) atoms. The van der Waals surface area contributed by atoms with Gasteiger partial charge in [0, 0.05) is 44.5 Å². The van der Waals surface area contributed by atoms with E-state index in [4.69, 9.17) is 16.6 Å². The lowest BCUT2D eigenvalue weighted by Gasteiger charge is -2.31. The first kappa shape index (κ1) is 19.6. The largest absolute Gasteiger partial charge is 0.455 e. The summed E-state index contributed by atoms with van der Waals surface area (Å²) in [5.41, 5.74) is 0. The van der Waals surface area contributed by atoms with Gasteiger partial charge >= 0.3 is 0 Å². The molecule has 3 aromatic rings. The second-order valence-electron chi connectivity index (χ2n) is 7.93. The van der Waals surface area contributed by atoms with E-state index in [9.17, 15) is 4.79 Å². The van der Waals surface area contributed by atoms with Crippen molar-refractivity contribution in [1.82, 2.24) is 29.2 Å². The fraction of sp³-hybridized carbons (Fsp3) is 0.500. The zero-order valence-electron chi connectivity index (χ0n) is 16.8. The molecule has 0 unspecified atom stereocenters. The van der Waals surface area contributed by atoms with Gasteiger partial charge in [-0.15, -0.1) is 0 Å². The number of aryl methyl sites for hydroxylation is 1. The maximum Gasteiger partial charge on any atom is 0.289 e. The van der Waals surface area contributed by atoms with Crippen LogP contribution in [0.15, 0.2) is 34.1 Å². The third-order valence-electron chi connectivity index (χ3n) is 5.78. The summed E-state index contributed by atoms with van der Waals surface area (Å²) in [5.74, 6) is 3.18. The Morgan fingerprint density at radius 3 is 2.80 bits per heavy atom. The van der Waals surface area contributed by atoms with Gasteiger partial charge in [-0.3, -0.25) is 9.89 Å². The van der Waals surface area contributed by atoms with E-state index in [-0.39, 0.29) is 5.91 Å². The van der Waals surface area contributed by atoms with E-state index >= 15 is 0 Å². The number of likely N-dealkylation sites (tertiary alicyclic amines) is 1. The van der Waals surface area contributed by atoms with Crippen molar-refractivity contribution in [2.75, 3.05) is 13.1 Å². The van der Waals surface area contributed by atoms with Gasteiger partial charge in [-0.1, -0.05) is 11.8 Å². The van der Waals surface area contributed by atoms with E-state index in [0.717, 1.165) is 34.4 Å². The zero-order chi connectivity index (χ0) is 20.7. The van der Waals surface area contributed by atoms with Crippen LogP contribution < -0.4 is 0 Å². The van der Waals surface area contributed by atoms with E-state index < -0.39 is 0 Å². The molecule has 8 nitrogen and oxygen atoms in total. The van der Waals surface area contributed by atoms with E-state index in [1.54, 1.807) is 24.0 Å². The van der Waals surface area contributed by atoms with E-state index in [1.165, 1.54) is 12.8 Å². The molecule has 1 saturated heterocycles. The average molecular weight is 445 g/mol. The molecule has 0 spiro atoms. The Morgan fingerprint density at radius 1 is 1.30 bits per heavy atom. The summed E-state index contributed by atoms with van der Waals surface area (Å²) in [7, 11) is 1.96. The van der Waals surface area contributed by atoms with Gasteiger partial charge in [0.15, 0.2) is 15.7 Å². The highest BCUT2D eigenvalue weighted by atomic mass is 32.2. The Balaban J connectivity index is 1.19. The number of furan rings is 1. The number of nitrogens with one attached hydrogen (secondary N) is 1. The van der Waals surface area contributed by atoms with E-state index in [0.29, 0.717) is 36.6 Å². The minimum absolute atomic E-state index is 0.0391. The predicted molar refractivity (Wildman–Crippen MR) is 115 cm³/mol. The molecular weight excluding hydrogens is 420 g/mol. The molecule has 0 bridgehead atoms. The fourth-order valence-corrected chi connectivity index (χ4v) is 5.10. The quantitative estimate of drug-likeness (QED) is 0.458. The van der Waals surface area contributed by atoms with Crippen LogP contribution in [-0.2, 0) is 12.8 Å². The number of hydrogen-bond acceptors (Lipinski definition) is 6. The zero-order valence-corrected chi connectivity index (χ0v) is 18.4. The summed E-state index contributed by atoms with van der Waals surface area (Å²) in [6.07, 6.45) is 7.82. The number of aromatic nitrogens is 5. The van der Waals surface area contributed by atoms with Crippen molar-refractivity contribution < 1.29 is 9.21 Å². The van der Waals surface area contributed by atoms with Crippen LogP contribution in [0.3, 0.4) is 0 Å². The summed E-state index contributed by atoms with van der Waals surface area (Å²) in [4.78, 5) is 19.1. The SMILES string of the molecule is Cn1ccnc1SCc1ccc(C(=O)N2CCC(c3n[nH]c(=S)n3C3CC3)CC2)o1. The number of H-pyrrole nitrogens is 1. The Hall–Kier alpha value is -2.33. The Labute approximate surface area is 183 Å². The van der Waals surface area contributed by atoms with Crippen molar-refractivity contribution in [3.8, 4) is 0 Å². The number of rotatable bonds is 6. The summed E-state index contributed by atoms with van der Waals surface area (Å²) in [5, 5.41) is 8.37. The summed E-state index contributed by atoms with van der Waals surface area (Å²) < 4.78 is 10.7. The highest BCUT2D eigenvalue weighted by molar-refractivity contribution is 7.98. The maximum absolute atomic E-state index is 12.9. The highest BCUT2D eigenvalue weighted by Crippen LogP contribution is 2.39. The summed E-state index contributed by atoms with van der Waals surface area (Å²) >= 11 is 6.99. The van der Waals surface area contributed by atoms with Gasteiger partial charge in [0.05, 0.1) is 5.75 Å². The third-order valence-corrected chi connectivity index (χ3v) is 7.15. The summed E-state index contributed by atoms with van der Waals surface area (Å²) in [6, 6.07) is 4.17. The molecule has 1 N–H and O–H groups in total. The smallest absolute Gasteiger partial charge is 0.289 e. The molecule has 1 aliphatic heterocycles. The standard InChI is InChI=1S/C20H24N6O2S2/c1-24-11-8-21-20(24)30-12-15-4-5-16(28-15)18(27)25-9-6-13(7-10-25)17-22-23-19(29)26(17)14-2-3-14/h4-5,8,11,13-14H,2-3,6-7,9-10,12H2,1H3,(H,23,29). The molecule has 4 heterocycles. The van der Waals surface area contributed by atoms with Crippen LogP contribution in [0, 0.1) is 4.77 Å². The van der Waals surface area contributed by atoms with Gasteiger partial charge < -0.3 is 18.5 Å². The molecule has 1 saturated carbocycles. The third kappa shape index (κ3) is 3.85. The number of hydrogen-bond donors (Lipinski definition) is 1. The number of nitrogens with zero attached hydrogens (tertiary/aromatic N) is 5. The Morgan fingerprint density at radius 2 is 2.10 bits per heavy atom. The second-order valence-corrected chi connectivity index (χ2v) is 9.26. The average Bonchev–Trinajstić information content (AvgIpc) is 3.14. The first-order chi connectivity index (χ1) is 14.6. The molecule has 5 rings (SSSR count). The highest BCUT2D eigenvalue weighted by Gasteiger charge is 2.33. The molecule has 2 fully saturated rings.